The van der Waals surface area contributed by atoms with Crippen molar-refractivity contribution in [3.63, 3.8) is 0 Å². The van der Waals surface area contributed by atoms with Gasteiger partial charge in [-0.3, -0.25) is 0 Å². The molecule has 0 amide bonds. The summed E-state index contributed by atoms with van der Waals surface area (Å²) in [4.78, 5) is 11.0. The molecule has 0 saturated heterocycles. The first kappa shape index (κ1) is 13.6. The van der Waals surface area contributed by atoms with E-state index in [2.05, 4.69) is 12.2 Å². The third-order valence-electron chi connectivity index (χ3n) is 3.89. The first-order chi connectivity index (χ1) is 8.91. The summed E-state index contributed by atoms with van der Waals surface area (Å²) in [7, 11) is 0. The lowest BCUT2D eigenvalue weighted by molar-refractivity contribution is 0.0698. The first-order valence-corrected chi connectivity index (χ1v) is 6.47. The van der Waals surface area contributed by atoms with E-state index in [1.165, 1.54) is 18.9 Å². The molecule has 0 atom stereocenters. The smallest absolute Gasteiger partial charge is 0.337 e. The Hall–Kier alpha value is -1.78. The molecule has 0 aromatic heterocycles. The first-order valence-electron chi connectivity index (χ1n) is 6.47. The second-order valence-corrected chi connectivity index (χ2v) is 5.60. The summed E-state index contributed by atoms with van der Waals surface area (Å²) in [6, 6.07) is 2.33. The van der Waals surface area contributed by atoms with Crippen LogP contribution in [-0.4, -0.2) is 17.6 Å². The number of benzene rings is 1. The lowest BCUT2D eigenvalue weighted by atomic mass is 9.89. The number of nitrogens with one attached hydrogen (secondary N) is 1. The highest BCUT2D eigenvalue weighted by Gasteiger charge is 2.28. The van der Waals surface area contributed by atoms with Crippen LogP contribution in [0, 0.1) is 11.2 Å². The zero-order valence-corrected chi connectivity index (χ0v) is 11.0. The van der Waals surface area contributed by atoms with Crippen LogP contribution in [0.4, 0.5) is 15.8 Å². The van der Waals surface area contributed by atoms with Crippen molar-refractivity contribution in [3.05, 3.63) is 23.5 Å². The molecule has 1 fully saturated rings. The number of carboxylic acids is 1. The Morgan fingerprint density at radius 3 is 2.68 bits per heavy atom. The molecule has 1 aliphatic carbocycles. The third-order valence-corrected chi connectivity index (χ3v) is 3.89. The Balaban J connectivity index is 2.15. The molecule has 0 heterocycles. The van der Waals surface area contributed by atoms with Crippen LogP contribution >= 0.6 is 0 Å². The zero-order valence-electron chi connectivity index (χ0n) is 11.0. The van der Waals surface area contributed by atoms with Crippen LogP contribution in [0.2, 0.25) is 0 Å². The summed E-state index contributed by atoms with van der Waals surface area (Å²) >= 11 is 0. The van der Waals surface area contributed by atoms with Crippen molar-refractivity contribution in [2.24, 2.45) is 5.41 Å². The Labute approximate surface area is 111 Å². The van der Waals surface area contributed by atoms with E-state index in [1.54, 1.807) is 0 Å². The highest BCUT2D eigenvalue weighted by Crippen LogP contribution is 2.37. The van der Waals surface area contributed by atoms with Gasteiger partial charge < -0.3 is 16.2 Å². The number of nitrogen functional groups attached to an aromatic ring is 1. The van der Waals surface area contributed by atoms with Crippen LogP contribution in [0.5, 0.6) is 0 Å². The molecule has 0 radical (unpaired) electrons. The average Bonchev–Trinajstić information content (AvgIpc) is 2.75. The average molecular weight is 266 g/mol. The molecule has 0 unspecified atom stereocenters. The number of nitrogens with two attached hydrogens (primary N) is 1. The van der Waals surface area contributed by atoms with E-state index in [4.69, 9.17) is 10.8 Å². The van der Waals surface area contributed by atoms with Crippen molar-refractivity contribution in [1.82, 2.24) is 0 Å². The van der Waals surface area contributed by atoms with Gasteiger partial charge in [0.05, 0.1) is 11.3 Å². The molecule has 104 valence electrons. The fourth-order valence-electron chi connectivity index (χ4n) is 2.62. The topological polar surface area (TPSA) is 75.3 Å². The predicted molar refractivity (Wildman–Crippen MR) is 72.8 cm³/mol. The van der Waals surface area contributed by atoms with Crippen LogP contribution in [-0.2, 0) is 0 Å². The van der Waals surface area contributed by atoms with Gasteiger partial charge in [-0.25, -0.2) is 9.18 Å². The second kappa shape index (κ2) is 5.07. The number of carbonyl (C=O) groups is 1. The molecule has 5 heteroatoms. The monoisotopic (exact) mass is 266 g/mol. The number of hydrogen-bond donors (Lipinski definition) is 3. The molecule has 4 N–H and O–H groups in total. The van der Waals surface area contributed by atoms with Crippen LogP contribution in [0.25, 0.3) is 0 Å². The van der Waals surface area contributed by atoms with Gasteiger partial charge in [-0.1, -0.05) is 19.8 Å². The van der Waals surface area contributed by atoms with Crippen molar-refractivity contribution in [3.8, 4) is 0 Å². The van der Waals surface area contributed by atoms with Crippen LogP contribution < -0.4 is 11.1 Å². The fraction of sp³-hybridized carbons (Fsp3) is 0.500. The minimum atomic E-state index is -1.15. The minimum Gasteiger partial charge on any atom is -0.478 e. The summed E-state index contributed by atoms with van der Waals surface area (Å²) in [6.45, 7) is 2.81. The van der Waals surface area contributed by atoms with E-state index in [0.29, 0.717) is 6.54 Å². The van der Waals surface area contributed by atoms with E-state index < -0.39 is 11.8 Å². The number of hydrogen-bond acceptors (Lipinski definition) is 3. The quantitative estimate of drug-likeness (QED) is 0.732. The van der Waals surface area contributed by atoms with Gasteiger partial charge in [0.25, 0.3) is 0 Å². The standard InChI is InChI=1S/C14H19FN2O2/c1-14(4-2-3-5-14)8-17-12-6-9(13(18)19)11(16)7-10(12)15/h6-7,17H,2-5,8,16H2,1H3,(H,18,19). The highest BCUT2D eigenvalue weighted by atomic mass is 19.1. The van der Waals surface area contributed by atoms with Crippen molar-refractivity contribution in [2.75, 3.05) is 17.6 Å². The fourth-order valence-corrected chi connectivity index (χ4v) is 2.62. The van der Waals surface area contributed by atoms with Crippen LogP contribution in [0.15, 0.2) is 12.1 Å². The van der Waals surface area contributed by atoms with Gasteiger partial charge in [0.15, 0.2) is 0 Å². The van der Waals surface area contributed by atoms with E-state index in [-0.39, 0.29) is 22.4 Å². The zero-order chi connectivity index (χ0) is 14.0. The number of aromatic carboxylic acids is 1. The van der Waals surface area contributed by atoms with E-state index >= 15 is 0 Å². The summed E-state index contributed by atoms with van der Waals surface area (Å²) in [5.74, 6) is -1.66. The Morgan fingerprint density at radius 1 is 1.47 bits per heavy atom. The Kier molecular flexibility index (Phi) is 3.64. The Morgan fingerprint density at radius 2 is 2.11 bits per heavy atom. The largest absolute Gasteiger partial charge is 0.478 e. The predicted octanol–water partition coefficient (Wildman–Crippen LogP) is 3.10. The lowest BCUT2D eigenvalue weighted by Gasteiger charge is -2.24. The highest BCUT2D eigenvalue weighted by molar-refractivity contribution is 5.94. The summed E-state index contributed by atoms with van der Waals surface area (Å²) in [6.07, 6.45) is 4.62. The van der Waals surface area contributed by atoms with E-state index in [1.807, 2.05) is 0 Å². The second-order valence-electron chi connectivity index (χ2n) is 5.60. The van der Waals surface area contributed by atoms with Gasteiger partial charge in [0.2, 0.25) is 0 Å². The van der Waals surface area contributed by atoms with E-state index in [9.17, 15) is 9.18 Å². The number of anilines is 2. The van der Waals surface area contributed by atoms with Crippen molar-refractivity contribution in [2.45, 2.75) is 32.6 Å². The van der Waals surface area contributed by atoms with Gasteiger partial charge in [-0.15, -0.1) is 0 Å². The van der Waals surface area contributed by atoms with Gasteiger partial charge in [0, 0.05) is 12.2 Å². The molecule has 19 heavy (non-hydrogen) atoms. The molecule has 0 aliphatic heterocycles. The van der Waals surface area contributed by atoms with Gasteiger partial charge in [0.1, 0.15) is 5.82 Å². The number of carboxylic acid groups (broad SMARTS) is 1. The molecule has 1 saturated carbocycles. The summed E-state index contributed by atoms with van der Waals surface area (Å²) < 4.78 is 13.8. The van der Waals surface area contributed by atoms with Crippen molar-refractivity contribution < 1.29 is 14.3 Å². The molecular weight excluding hydrogens is 247 g/mol. The summed E-state index contributed by atoms with van der Waals surface area (Å²) in [5.41, 5.74) is 5.74. The maximum atomic E-state index is 13.8. The van der Waals surface area contributed by atoms with Crippen molar-refractivity contribution >= 4 is 17.3 Å². The SMILES string of the molecule is CC1(CNc2cc(C(=O)O)c(N)cc2F)CCCC1. The maximum absolute atomic E-state index is 13.8. The van der Waals surface area contributed by atoms with Gasteiger partial charge in [-0.2, -0.15) is 0 Å². The van der Waals surface area contributed by atoms with Crippen molar-refractivity contribution in [1.29, 1.82) is 0 Å². The number of halogens is 1. The van der Waals surface area contributed by atoms with E-state index in [0.717, 1.165) is 18.9 Å². The minimum absolute atomic E-state index is 0.0531. The molecule has 0 bridgehead atoms. The maximum Gasteiger partial charge on any atom is 0.337 e. The molecule has 1 aromatic carbocycles. The number of rotatable bonds is 4. The normalized spacial score (nSPS) is 17.4. The Bertz CT molecular complexity index is 496. The lowest BCUT2D eigenvalue weighted by Crippen LogP contribution is -2.23. The van der Waals surface area contributed by atoms with Crippen LogP contribution in [0.1, 0.15) is 43.0 Å². The van der Waals surface area contributed by atoms with Gasteiger partial charge >= 0.3 is 5.97 Å². The molecule has 1 aliphatic rings. The molecular formula is C14H19FN2O2. The van der Waals surface area contributed by atoms with Crippen LogP contribution in [0.3, 0.4) is 0 Å². The summed E-state index contributed by atoms with van der Waals surface area (Å²) in [5, 5.41) is 12.0. The molecule has 2 rings (SSSR count). The molecule has 4 nitrogen and oxygen atoms in total. The third kappa shape index (κ3) is 2.97. The molecule has 0 spiro atoms. The van der Waals surface area contributed by atoms with Gasteiger partial charge in [-0.05, 0) is 30.4 Å². The molecule has 1 aromatic rings.